The number of aldehydes is 1. The maximum Gasteiger partial charge on any atom is 0.296 e. The largest absolute Gasteiger partial charge is 0.468 e. The van der Waals surface area contributed by atoms with Crippen LogP contribution in [0.3, 0.4) is 0 Å². The van der Waals surface area contributed by atoms with Gasteiger partial charge in [-0.2, -0.15) is 0 Å². The van der Waals surface area contributed by atoms with Gasteiger partial charge in [-0.25, -0.2) is 0 Å². The minimum atomic E-state index is 0.258. The van der Waals surface area contributed by atoms with Crippen LogP contribution in [0.1, 0.15) is 10.4 Å². The SMILES string of the molecule is COc1oc2cc(Br)ccc2c1C=O. The van der Waals surface area contributed by atoms with Crippen molar-refractivity contribution in [2.45, 2.75) is 0 Å². The van der Waals surface area contributed by atoms with E-state index in [9.17, 15) is 4.79 Å². The van der Waals surface area contributed by atoms with Crippen LogP contribution < -0.4 is 4.74 Å². The van der Waals surface area contributed by atoms with E-state index in [0.717, 1.165) is 16.1 Å². The molecule has 72 valence electrons. The highest BCUT2D eigenvalue weighted by Crippen LogP contribution is 2.31. The van der Waals surface area contributed by atoms with Crippen molar-refractivity contribution in [1.29, 1.82) is 0 Å². The highest BCUT2D eigenvalue weighted by molar-refractivity contribution is 9.10. The average Bonchev–Trinajstić information content (AvgIpc) is 2.54. The van der Waals surface area contributed by atoms with Crippen molar-refractivity contribution in [3.8, 4) is 5.95 Å². The highest BCUT2D eigenvalue weighted by Gasteiger charge is 2.13. The van der Waals surface area contributed by atoms with Gasteiger partial charge in [0.05, 0.1) is 7.11 Å². The standard InChI is InChI=1S/C10H7BrO3/c1-13-10-8(5-12)7-3-2-6(11)4-9(7)14-10/h2-5H,1H3. The lowest BCUT2D eigenvalue weighted by Crippen LogP contribution is -1.84. The number of carbonyl (C=O) groups excluding carboxylic acids is 1. The monoisotopic (exact) mass is 254 g/mol. The summed E-state index contributed by atoms with van der Waals surface area (Å²) in [5.41, 5.74) is 1.09. The molecule has 0 radical (unpaired) electrons. The molecule has 0 aliphatic carbocycles. The molecule has 14 heavy (non-hydrogen) atoms. The first-order valence-corrected chi connectivity index (χ1v) is 4.77. The Balaban J connectivity index is 2.79. The van der Waals surface area contributed by atoms with Gasteiger partial charge in [0.15, 0.2) is 6.29 Å². The molecule has 0 aliphatic rings. The van der Waals surface area contributed by atoms with E-state index in [1.54, 1.807) is 6.07 Å². The van der Waals surface area contributed by atoms with Gasteiger partial charge in [-0.1, -0.05) is 15.9 Å². The number of benzene rings is 1. The molecule has 0 saturated heterocycles. The van der Waals surface area contributed by atoms with Gasteiger partial charge < -0.3 is 9.15 Å². The predicted octanol–water partition coefficient (Wildman–Crippen LogP) is 3.02. The molecule has 1 heterocycles. The van der Waals surface area contributed by atoms with E-state index in [1.807, 2.05) is 12.1 Å². The number of methoxy groups -OCH3 is 1. The number of hydrogen-bond donors (Lipinski definition) is 0. The number of halogens is 1. The van der Waals surface area contributed by atoms with Gasteiger partial charge in [0.2, 0.25) is 0 Å². The summed E-state index contributed by atoms with van der Waals surface area (Å²) in [7, 11) is 1.47. The average molecular weight is 255 g/mol. The molecule has 0 fully saturated rings. The van der Waals surface area contributed by atoms with Crippen molar-refractivity contribution < 1.29 is 13.9 Å². The Labute approximate surface area is 88.8 Å². The summed E-state index contributed by atoms with van der Waals surface area (Å²) >= 11 is 3.32. The second-order valence-electron chi connectivity index (χ2n) is 2.77. The lowest BCUT2D eigenvalue weighted by Gasteiger charge is -1.91. The smallest absolute Gasteiger partial charge is 0.296 e. The molecule has 2 rings (SSSR count). The Morgan fingerprint density at radius 3 is 2.93 bits per heavy atom. The molecule has 3 nitrogen and oxygen atoms in total. The van der Waals surface area contributed by atoms with Crippen molar-refractivity contribution in [2.24, 2.45) is 0 Å². The van der Waals surface area contributed by atoms with Gasteiger partial charge in [0.1, 0.15) is 11.1 Å². The molecule has 0 atom stereocenters. The van der Waals surface area contributed by atoms with E-state index in [1.165, 1.54) is 7.11 Å². The van der Waals surface area contributed by atoms with Gasteiger partial charge in [-0.15, -0.1) is 0 Å². The van der Waals surface area contributed by atoms with Crippen molar-refractivity contribution in [3.63, 3.8) is 0 Å². The maximum atomic E-state index is 10.8. The number of hydrogen-bond acceptors (Lipinski definition) is 3. The van der Waals surface area contributed by atoms with Gasteiger partial charge in [0.25, 0.3) is 5.95 Å². The minimum Gasteiger partial charge on any atom is -0.468 e. The molecular weight excluding hydrogens is 248 g/mol. The third-order valence-electron chi connectivity index (χ3n) is 1.96. The Bertz CT molecular complexity index is 487. The number of ether oxygens (including phenoxy) is 1. The molecule has 1 aromatic carbocycles. The topological polar surface area (TPSA) is 39.4 Å². The Hall–Kier alpha value is -1.29. The second kappa shape index (κ2) is 3.46. The van der Waals surface area contributed by atoms with Crippen LogP contribution in [0.5, 0.6) is 5.95 Å². The summed E-state index contributed by atoms with van der Waals surface area (Å²) < 4.78 is 11.2. The van der Waals surface area contributed by atoms with Crippen molar-refractivity contribution in [2.75, 3.05) is 7.11 Å². The molecule has 1 aromatic heterocycles. The van der Waals surface area contributed by atoms with Crippen molar-refractivity contribution >= 4 is 33.2 Å². The van der Waals surface area contributed by atoms with Crippen LogP contribution in [-0.2, 0) is 0 Å². The quantitative estimate of drug-likeness (QED) is 0.774. The number of furan rings is 1. The molecule has 0 bridgehead atoms. The first-order valence-electron chi connectivity index (χ1n) is 3.97. The molecule has 4 heteroatoms. The van der Waals surface area contributed by atoms with E-state index in [4.69, 9.17) is 9.15 Å². The first kappa shape index (κ1) is 9.27. The van der Waals surface area contributed by atoms with Gasteiger partial charge in [0, 0.05) is 9.86 Å². The molecule has 0 saturated carbocycles. The molecule has 0 spiro atoms. The Morgan fingerprint density at radius 1 is 1.50 bits per heavy atom. The van der Waals surface area contributed by atoms with Crippen LogP contribution in [0.25, 0.3) is 11.0 Å². The third-order valence-corrected chi connectivity index (χ3v) is 2.45. The second-order valence-corrected chi connectivity index (χ2v) is 3.68. The Kier molecular flexibility index (Phi) is 2.29. The number of rotatable bonds is 2. The molecule has 0 aliphatic heterocycles. The summed E-state index contributed by atoms with van der Waals surface area (Å²) in [6.07, 6.45) is 0.735. The van der Waals surface area contributed by atoms with Crippen LogP contribution in [0.15, 0.2) is 27.1 Å². The van der Waals surface area contributed by atoms with Crippen LogP contribution in [0, 0.1) is 0 Å². The minimum absolute atomic E-state index is 0.258. The van der Waals surface area contributed by atoms with Gasteiger partial charge in [-0.3, -0.25) is 4.79 Å². The van der Waals surface area contributed by atoms with Gasteiger partial charge in [-0.05, 0) is 18.2 Å². The summed E-state index contributed by atoms with van der Waals surface area (Å²) in [5.74, 6) is 0.258. The summed E-state index contributed by atoms with van der Waals surface area (Å²) in [6, 6.07) is 5.46. The molecule has 0 unspecified atom stereocenters. The van der Waals surface area contributed by atoms with Crippen LogP contribution >= 0.6 is 15.9 Å². The lowest BCUT2D eigenvalue weighted by atomic mass is 10.2. The Morgan fingerprint density at radius 2 is 2.29 bits per heavy atom. The fraction of sp³-hybridized carbons (Fsp3) is 0.100. The van der Waals surface area contributed by atoms with E-state index in [0.29, 0.717) is 11.1 Å². The van der Waals surface area contributed by atoms with E-state index in [-0.39, 0.29) is 5.95 Å². The fourth-order valence-electron chi connectivity index (χ4n) is 1.33. The maximum absolute atomic E-state index is 10.8. The van der Waals surface area contributed by atoms with Crippen LogP contribution in [0.4, 0.5) is 0 Å². The van der Waals surface area contributed by atoms with E-state index < -0.39 is 0 Å². The number of carbonyl (C=O) groups is 1. The number of fused-ring (bicyclic) bond motifs is 1. The molecular formula is C10H7BrO3. The molecule has 0 N–H and O–H groups in total. The van der Waals surface area contributed by atoms with Crippen molar-refractivity contribution in [1.82, 2.24) is 0 Å². The zero-order chi connectivity index (χ0) is 10.1. The zero-order valence-corrected chi connectivity index (χ0v) is 9.00. The summed E-state index contributed by atoms with van der Waals surface area (Å²) in [4.78, 5) is 10.8. The lowest BCUT2D eigenvalue weighted by molar-refractivity contribution is 0.111. The normalized spacial score (nSPS) is 10.4. The van der Waals surface area contributed by atoms with E-state index >= 15 is 0 Å². The van der Waals surface area contributed by atoms with Gasteiger partial charge >= 0.3 is 0 Å². The van der Waals surface area contributed by atoms with Crippen LogP contribution in [0.2, 0.25) is 0 Å². The van der Waals surface area contributed by atoms with E-state index in [2.05, 4.69) is 15.9 Å². The van der Waals surface area contributed by atoms with Crippen LogP contribution in [-0.4, -0.2) is 13.4 Å². The summed E-state index contributed by atoms with van der Waals surface area (Å²) in [6.45, 7) is 0. The predicted molar refractivity (Wildman–Crippen MR) is 55.9 cm³/mol. The summed E-state index contributed by atoms with van der Waals surface area (Å²) in [5, 5.41) is 0.764. The molecule has 0 amide bonds. The fourth-order valence-corrected chi connectivity index (χ4v) is 1.67. The third kappa shape index (κ3) is 1.32. The van der Waals surface area contributed by atoms with Crippen molar-refractivity contribution in [3.05, 3.63) is 28.2 Å². The highest BCUT2D eigenvalue weighted by atomic mass is 79.9. The molecule has 2 aromatic rings. The first-order chi connectivity index (χ1) is 6.76. The zero-order valence-electron chi connectivity index (χ0n) is 7.41.